The topological polar surface area (TPSA) is 46.2 Å². The van der Waals surface area contributed by atoms with Crippen molar-refractivity contribution in [1.29, 1.82) is 0 Å². The molecule has 1 aromatic carbocycles. The minimum Gasteiger partial charge on any atom is -0.508 e. The number of aromatic hydroxyl groups is 1. The average Bonchev–Trinajstić information content (AvgIpc) is 2.04. The Kier molecular flexibility index (Phi) is 5.42. The van der Waals surface area contributed by atoms with Gasteiger partial charge in [0.15, 0.2) is 0 Å². The number of halogens is 3. The Hall–Kier alpha value is -0.870. The van der Waals surface area contributed by atoms with Crippen LogP contribution in [-0.2, 0) is 0 Å². The number of benzene rings is 1. The predicted molar refractivity (Wildman–Crippen MR) is 52.9 cm³/mol. The molecule has 0 amide bonds. The predicted octanol–water partition coefficient (Wildman–Crippen LogP) is 2.47. The summed E-state index contributed by atoms with van der Waals surface area (Å²) in [7, 11) is 0. The van der Waals surface area contributed by atoms with E-state index in [-0.39, 0.29) is 24.6 Å². The van der Waals surface area contributed by atoms with Gasteiger partial charge in [0.2, 0.25) is 6.43 Å². The van der Waals surface area contributed by atoms with Crippen LogP contribution >= 0.6 is 12.4 Å². The lowest BCUT2D eigenvalue weighted by atomic mass is 10.1. The van der Waals surface area contributed by atoms with Gasteiger partial charge in [-0.2, -0.15) is 0 Å². The minimum atomic E-state index is -2.40. The molecule has 2 nitrogen and oxygen atoms in total. The van der Waals surface area contributed by atoms with E-state index in [9.17, 15) is 8.78 Å². The van der Waals surface area contributed by atoms with Crippen LogP contribution in [-0.4, -0.2) is 11.5 Å². The second kappa shape index (κ2) is 5.78. The van der Waals surface area contributed by atoms with Crippen LogP contribution in [0.4, 0.5) is 8.78 Å². The zero-order chi connectivity index (χ0) is 9.84. The number of hydrogen-bond donors (Lipinski definition) is 2. The first kappa shape index (κ1) is 13.1. The Morgan fingerprint density at radius 2 is 1.71 bits per heavy atom. The van der Waals surface area contributed by atoms with Gasteiger partial charge < -0.3 is 10.8 Å². The van der Waals surface area contributed by atoms with Crippen LogP contribution in [0.25, 0.3) is 0 Å². The maximum absolute atomic E-state index is 11.9. The van der Waals surface area contributed by atoms with Crippen LogP contribution < -0.4 is 5.73 Å². The molecule has 0 fully saturated rings. The van der Waals surface area contributed by atoms with Gasteiger partial charge in [0.1, 0.15) is 5.75 Å². The Labute approximate surface area is 87.1 Å². The van der Waals surface area contributed by atoms with E-state index in [0.29, 0.717) is 5.56 Å². The van der Waals surface area contributed by atoms with Crippen LogP contribution in [0, 0.1) is 0 Å². The molecule has 14 heavy (non-hydrogen) atoms. The standard InChI is InChI=1S/C9H11F2NO.ClH/c10-9(11)5-8(12)6-1-3-7(13)4-2-6;/h1-4,8-9,13H,5,12H2;1H/t8-;/m1./s1. The Morgan fingerprint density at radius 1 is 1.21 bits per heavy atom. The lowest BCUT2D eigenvalue weighted by Gasteiger charge is -2.10. The summed E-state index contributed by atoms with van der Waals surface area (Å²) >= 11 is 0. The van der Waals surface area contributed by atoms with Gasteiger partial charge in [-0.1, -0.05) is 12.1 Å². The molecule has 1 rings (SSSR count). The van der Waals surface area contributed by atoms with Gasteiger partial charge in [0, 0.05) is 12.5 Å². The fourth-order valence-corrected chi connectivity index (χ4v) is 1.05. The molecule has 0 unspecified atom stereocenters. The minimum absolute atomic E-state index is 0. The molecule has 0 aliphatic rings. The highest BCUT2D eigenvalue weighted by Gasteiger charge is 2.12. The van der Waals surface area contributed by atoms with E-state index in [1.165, 1.54) is 12.1 Å². The molecule has 80 valence electrons. The third kappa shape index (κ3) is 3.89. The van der Waals surface area contributed by atoms with Gasteiger partial charge in [-0.15, -0.1) is 12.4 Å². The summed E-state index contributed by atoms with van der Waals surface area (Å²) in [5.41, 5.74) is 6.09. The highest BCUT2D eigenvalue weighted by atomic mass is 35.5. The normalized spacial score (nSPS) is 12.3. The molecule has 0 aliphatic heterocycles. The van der Waals surface area contributed by atoms with E-state index in [4.69, 9.17) is 10.8 Å². The molecule has 0 saturated carbocycles. The van der Waals surface area contributed by atoms with Crippen LogP contribution in [0.2, 0.25) is 0 Å². The van der Waals surface area contributed by atoms with E-state index in [1.54, 1.807) is 12.1 Å². The van der Waals surface area contributed by atoms with Crippen molar-refractivity contribution >= 4 is 12.4 Å². The second-order valence-corrected chi connectivity index (χ2v) is 2.82. The Bertz CT molecular complexity index is 266. The number of alkyl halides is 2. The summed E-state index contributed by atoms with van der Waals surface area (Å²) in [5, 5.41) is 8.93. The van der Waals surface area contributed by atoms with E-state index in [2.05, 4.69) is 0 Å². The molecule has 0 saturated heterocycles. The molecule has 0 heterocycles. The van der Waals surface area contributed by atoms with Crippen molar-refractivity contribution in [2.75, 3.05) is 0 Å². The smallest absolute Gasteiger partial charge is 0.240 e. The average molecular weight is 224 g/mol. The zero-order valence-electron chi connectivity index (χ0n) is 7.36. The third-order valence-corrected chi connectivity index (χ3v) is 1.75. The molecular formula is C9H12ClF2NO. The largest absolute Gasteiger partial charge is 0.508 e. The fraction of sp³-hybridized carbons (Fsp3) is 0.333. The second-order valence-electron chi connectivity index (χ2n) is 2.82. The molecule has 0 spiro atoms. The SMILES string of the molecule is Cl.N[C@H](CC(F)F)c1ccc(O)cc1. The van der Waals surface area contributed by atoms with Gasteiger partial charge in [-0.25, -0.2) is 8.78 Å². The zero-order valence-corrected chi connectivity index (χ0v) is 8.18. The van der Waals surface area contributed by atoms with Crippen LogP contribution in [0.3, 0.4) is 0 Å². The Balaban J connectivity index is 0.00000169. The first-order valence-electron chi connectivity index (χ1n) is 3.92. The monoisotopic (exact) mass is 223 g/mol. The van der Waals surface area contributed by atoms with Gasteiger partial charge >= 0.3 is 0 Å². The van der Waals surface area contributed by atoms with Crippen molar-refractivity contribution in [3.8, 4) is 5.75 Å². The number of nitrogens with two attached hydrogens (primary N) is 1. The van der Waals surface area contributed by atoms with Gasteiger partial charge in [0.25, 0.3) is 0 Å². The molecule has 3 N–H and O–H groups in total. The summed E-state index contributed by atoms with van der Waals surface area (Å²) in [6.45, 7) is 0. The third-order valence-electron chi connectivity index (χ3n) is 1.75. The van der Waals surface area contributed by atoms with E-state index < -0.39 is 12.5 Å². The Morgan fingerprint density at radius 3 is 2.14 bits per heavy atom. The lowest BCUT2D eigenvalue weighted by Crippen LogP contribution is -2.13. The molecule has 0 bridgehead atoms. The molecule has 0 aliphatic carbocycles. The number of hydrogen-bond acceptors (Lipinski definition) is 2. The van der Waals surface area contributed by atoms with Crippen molar-refractivity contribution in [3.63, 3.8) is 0 Å². The maximum Gasteiger partial charge on any atom is 0.240 e. The number of phenolic OH excluding ortho intramolecular Hbond substituents is 1. The highest BCUT2D eigenvalue weighted by Crippen LogP contribution is 2.19. The molecule has 1 aromatic rings. The molecular weight excluding hydrogens is 212 g/mol. The molecule has 5 heteroatoms. The van der Waals surface area contributed by atoms with Crippen LogP contribution in [0.5, 0.6) is 5.75 Å². The molecule has 0 radical (unpaired) electrons. The lowest BCUT2D eigenvalue weighted by molar-refractivity contribution is 0.128. The van der Waals surface area contributed by atoms with E-state index in [0.717, 1.165) is 0 Å². The summed E-state index contributed by atoms with van der Waals surface area (Å²) in [6.07, 6.45) is -2.76. The van der Waals surface area contributed by atoms with Crippen molar-refractivity contribution in [2.24, 2.45) is 5.73 Å². The number of rotatable bonds is 3. The van der Waals surface area contributed by atoms with Crippen molar-refractivity contribution in [3.05, 3.63) is 29.8 Å². The quantitative estimate of drug-likeness (QED) is 0.827. The first-order valence-corrected chi connectivity index (χ1v) is 3.92. The maximum atomic E-state index is 11.9. The van der Waals surface area contributed by atoms with Gasteiger partial charge in [0.05, 0.1) is 0 Å². The first-order chi connectivity index (χ1) is 6.09. The van der Waals surface area contributed by atoms with E-state index >= 15 is 0 Å². The van der Waals surface area contributed by atoms with Gasteiger partial charge in [-0.3, -0.25) is 0 Å². The van der Waals surface area contributed by atoms with Crippen molar-refractivity contribution < 1.29 is 13.9 Å². The molecule has 0 aromatic heterocycles. The fourth-order valence-electron chi connectivity index (χ4n) is 1.05. The van der Waals surface area contributed by atoms with E-state index in [1.807, 2.05) is 0 Å². The summed E-state index contributed by atoms with van der Waals surface area (Å²) in [5.74, 6) is 0.105. The number of phenols is 1. The summed E-state index contributed by atoms with van der Waals surface area (Å²) < 4.78 is 23.8. The summed E-state index contributed by atoms with van der Waals surface area (Å²) in [4.78, 5) is 0. The van der Waals surface area contributed by atoms with Crippen LogP contribution in [0.1, 0.15) is 18.0 Å². The van der Waals surface area contributed by atoms with Crippen LogP contribution in [0.15, 0.2) is 24.3 Å². The van der Waals surface area contributed by atoms with Gasteiger partial charge in [-0.05, 0) is 17.7 Å². The molecule has 1 atom stereocenters. The summed E-state index contributed by atoms with van der Waals surface area (Å²) in [6, 6.07) is 5.28. The highest BCUT2D eigenvalue weighted by molar-refractivity contribution is 5.85. The van der Waals surface area contributed by atoms with Crippen molar-refractivity contribution in [2.45, 2.75) is 18.9 Å². The van der Waals surface area contributed by atoms with Crippen molar-refractivity contribution in [1.82, 2.24) is 0 Å².